The molecule has 0 spiro atoms. The fourth-order valence-electron chi connectivity index (χ4n) is 2.53. The van der Waals surface area contributed by atoms with E-state index in [1.165, 1.54) is 0 Å². The summed E-state index contributed by atoms with van der Waals surface area (Å²) in [5, 5.41) is 10.9. The maximum Gasteiger partial charge on any atom is 0.328 e. The van der Waals surface area contributed by atoms with Crippen LogP contribution >= 0.6 is 0 Å². The van der Waals surface area contributed by atoms with Gasteiger partial charge < -0.3 is 10.1 Å². The highest BCUT2D eigenvalue weighted by Crippen LogP contribution is 2.12. The van der Waals surface area contributed by atoms with Crippen LogP contribution in [0.15, 0.2) is 30.5 Å². The van der Waals surface area contributed by atoms with E-state index < -0.39 is 6.04 Å². The van der Waals surface area contributed by atoms with Crippen LogP contribution in [-0.4, -0.2) is 39.5 Å². The van der Waals surface area contributed by atoms with Crippen molar-refractivity contribution >= 4 is 11.9 Å². The fraction of sp³-hybridized carbons (Fsp3) is 0.412. The normalized spacial score (nSPS) is 16.9. The molecule has 24 heavy (non-hydrogen) atoms. The molecule has 0 bridgehead atoms. The zero-order valence-electron chi connectivity index (χ0n) is 13.6. The van der Waals surface area contributed by atoms with Gasteiger partial charge in [-0.05, 0) is 37.1 Å². The van der Waals surface area contributed by atoms with Crippen molar-refractivity contribution in [2.24, 2.45) is 0 Å². The largest absolute Gasteiger partial charge is 0.464 e. The van der Waals surface area contributed by atoms with Gasteiger partial charge in [0, 0.05) is 12.0 Å². The smallest absolute Gasteiger partial charge is 0.328 e. The third kappa shape index (κ3) is 3.61. The van der Waals surface area contributed by atoms with E-state index in [-0.39, 0.29) is 11.9 Å². The molecule has 1 N–H and O–H groups in total. The van der Waals surface area contributed by atoms with Crippen molar-refractivity contribution in [3.63, 3.8) is 0 Å². The molecule has 1 saturated heterocycles. The van der Waals surface area contributed by atoms with Gasteiger partial charge in [0.15, 0.2) is 0 Å². The fourth-order valence-corrected chi connectivity index (χ4v) is 2.53. The lowest BCUT2D eigenvalue weighted by Gasteiger charge is -2.09. The Bertz CT molecular complexity index is 724. The monoisotopic (exact) mass is 328 g/mol. The second-order valence-electron chi connectivity index (χ2n) is 5.79. The molecule has 1 aliphatic rings. The van der Waals surface area contributed by atoms with E-state index in [2.05, 4.69) is 22.6 Å². The lowest BCUT2D eigenvalue weighted by molar-refractivity contribution is -0.139. The number of rotatable bonds is 6. The average molecular weight is 328 g/mol. The van der Waals surface area contributed by atoms with Gasteiger partial charge in [-0.15, -0.1) is 5.10 Å². The van der Waals surface area contributed by atoms with Gasteiger partial charge in [-0.3, -0.25) is 4.79 Å². The molecular formula is C17H20N4O3. The van der Waals surface area contributed by atoms with Crippen LogP contribution in [0.3, 0.4) is 0 Å². The number of carbonyl (C=O) groups is 2. The molecule has 0 unspecified atom stereocenters. The predicted octanol–water partition coefficient (Wildman–Crippen LogP) is 1.66. The summed E-state index contributed by atoms with van der Waals surface area (Å²) in [7, 11) is 0. The number of carbonyl (C=O) groups excluding carboxylic acids is 2. The number of amides is 1. The van der Waals surface area contributed by atoms with Crippen LogP contribution in [0.5, 0.6) is 0 Å². The number of aromatic nitrogens is 3. The number of esters is 1. The second-order valence-corrected chi connectivity index (χ2v) is 5.79. The molecule has 1 aromatic heterocycles. The molecule has 2 heterocycles. The van der Waals surface area contributed by atoms with Crippen molar-refractivity contribution in [3.05, 3.63) is 41.7 Å². The Morgan fingerprint density at radius 3 is 2.83 bits per heavy atom. The molecule has 126 valence electrons. The van der Waals surface area contributed by atoms with Crippen LogP contribution in [0.4, 0.5) is 0 Å². The minimum Gasteiger partial charge on any atom is -0.464 e. The van der Waals surface area contributed by atoms with Crippen LogP contribution in [0.1, 0.15) is 42.2 Å². The quantitative estimate of drug-likeness (QED) is 0.815. The molecule has 1 aliphatic heterocycles. The van der Waals surface area contributed by atoms with Gasteiger partial charge in [0.2, 0.25) is 0 Å². The summed E-state index contributed by atoms with van der Waals surface area (Å²) >= 11 is 0. The van der Waals surface area contributed by atoms with Gasteiger partial charge in [0.1, 0.15) is 6.04 Å². The Balaban J connectivity index is 1.65. The van der Waals surface area contributed by atoms with E-state index >= 15 is 0 Å². The van der Waals surface area contributed by atoms with E-state index in [9.17, 15) is 9.59 Å². The second kappa shape index (κ2) is 7.25. The van der Waals surface area contributed by atoms with Crippen LogP contribution in [0.2, 0.25) is 0 Å². The minimum atomic E-state index is -0.548. The van der Waals surface area contributed by atoms with Gasteiger partial charge in [0.05, 0.1) is 24.2 Å². The number of hydrogen-bond donors (Lipinski definition) is 1. The molecular weight excluding hydrogens is 308 g/mol. The zero-order valence-corrected chi connectivity index (χ0v) is 13.6. The zero-order chi connectivity index (χ0) is 16.9. The maximum atomic E-state index is 12.2. The lowest BCUT2D eigenvalue weighted by Crippen LogP contribution is -2.37. The van der Waals surface area contributed by atoms with Crippen molar-refractivity contribution in [2.45, 2.75) is 38.6 Å². The van der Waals surface area contributed by atoms with E-state index in [0.717, 1.165) is 30.6 Å². The summed E-state index contributed by atoms with van der Waals surface area (Å²) in [6.45, 7) is 2.49. The third-order valence-corrected chi connectivity index (χ3v) is 3.96. The van der Waals surface area contributed by atoms with Gasteiger partial charge in [-0.2, -0.15) is 0 Å². The SMILES string of the molecule is CCCCc1cn(-c2ccc(C(=O)N[C@H]3CCOC3=O)cc2)nn1. The summed E-state index contributed by atoms with van der Waals surface area (Å²) in [4.78, 5) is 23.6. The molecule has 1 amide bonds. The summed E-state index contributed by atoms with van der Waals surface area (Å²) < 4.78 is 6.53. The van der Waals surface area contributed by atoms with Crippen LogP contribution in [0.25, 0.3) is 5.69 Å². The molecule has 1 aromatic carbocycles. The first-order chi connectivity index (χ1) is 11.7. The topological polar surface area (TPSA) is 86.1 Å². The molecule has 7 nitrogen and oxygen atoms in total. The van der Waals surface area contributed by atoms with E-state index in [1.54, 1.807) is 28.9 Å². The molecule has 7 heteroatoms. The predicted molar refractivity (Wildman–Crippen MR) is 86.8 cm³/mol. The average Bonchev–Trinajstić information content (AvgIpc) is 3.23. The third-order valence-electron chi connectivity index (χ3n) is 3.96. The van der Waals surface area contributed by atoms with Gasteiger partial charge in [-0.1, -0.05) is 18.6 Å². The first kappa shape index (κ1) is 16.2. The maximum absolute atomic E-state index is 12.2. The molecule has 1 atom stereocenters. The first-order valence-electron chi connectivity index (χ1n) is 8.16. The van der Waals surface area contributed by atoms with Crippen molar-refractivity contribution in [1.82, 2.24) is 20.3 Å². The van der Waals surface area contributed by atoms with Gasteiger partial charge in [-0.25, -0.2) is 9.48 Å². The Morgan fingerprint density at radius 1 is 1.38 bits per heavy atom. The Labute approximate surface area is 140 Å². The Hall–Kier alpha value is -2.70. The van der Waals surface area contributed by atoms with Crippen molar-refractivity contribution in [1.29, 1.82) is 0 Å². The summed E-state index contributed by atoms with van der Waals surface area (Å²) in [5.74, 6) is -0.658. The van der Waals surface area contributed by atoms with E-state index in [0.29, 0.717) is 18.6 Å². The molecule has 3 rings (SSSR count). The number of benzene rings is 1. The summed E-state index contributed by atoms with van der Waals surface area (Å²) in [6, 6.07) is 6.48. The van der Waals surface area contributed by atoms with E-state index in [1.807, 2.05) is 6.20 Å². The van der Waals surface area contributed by atoms with Gasteiger partial charge >= 0.3 is 5.97 Å². The standard InChI is InChI=1S/C17H20N4O3/c1-2-3-4-13-11-21(20-19-13)14-7-5-12(6-8-14)16(22)18-15-9-10-24-17(15)23/h5-8,11,15H,2-4,9-10H2,1H3,(H,18,22)/t15-/m0/s1. The number of hydrogen-bond acceptors (Lipinski definition) is 5. The number of cyclic esters (lactones) is 1. The van der Waals surface area contributed by atoms with Crippen LogP contribution in [0, 0.1) is 0 Å². The minimum absolute atomic E-state index is 0.285. The van der Waals surface area contributed by atoms with Crippen LogP contribution < -0.4 is 5.32 Å². The molecule has 2 aromatic rings. The number of aryl methyl sites for hydroxylation is 1. The van der Waals surface area contributed by atoms with Crippen molar-refractivity contribution < 1.29 is 14.3 Å². The number of ether oxygens (including phenoxy) is 1. The van der Waals surface area contributed by atoms with E-state index in [4.69, 9.17) is 4.74 Å². The number of nitrogens with zero attached hydrogens (tertiary/aromatic N) is 3. The highest BCUT2D eigenvalue weighted by molar-refractivity contribution is 5.97. The number of unbranched alkanes of at least 4 members (excludes halogenated alkanes) is 1. The number of nitrogens with one attached hydrogen (secondary N) is 1. The lowest BCUT2D eigenvalue weighted by atomic mass is 10.1. The Morgan fingerprint density at radius 2 is 2.17 bits per heavy atom. The molecule has 1 fully saturated rings. The van der Waals surface area contributed by atoms with Crippen molar-refractivity contribution in [2.75, 3.05) is 6.61 Å². The van der Waals surface area contributed by atoms with Crippen molar-refractivity contribution in [3.8, 4) is 5.69 Å². The van der Waals surface area contributed by atoms with Crippen LogP contribution in [-0.2, 0) is 16.0 Å². The Kier molecular flexibility index (Phi) is 4.88. The summed E-state index contributed by atoms with van der Waals surface area (Å²) in [6.07, 6.45) is 5.53. The first-order valence-corrected chi connectivity index (χ1v) is 8.16. The highest BCUT2D eigenvalue weighted by Gasteiger charge is 2.28. The molecule has 0 radical (unpaired) electrons. The van der Waals surface area contributed by atoms with Gasteiger partial charge in [0.25, 0.3) is 5.91 Å². The molecule has 0 saturated carbocycles. The summed E-state index contributed by atoms with van der Waals surface area (Å²) in [5.41, 5.74) is 2.28. The molecule has 0 aliphatic carbocycles. The highest BCUT2D eigenvalue weighted by atomic mass is 16.5.